The van der Waals surface area contributed by atoms with Gasteiger partial charge >= 0.3 is 11.7 Å². The van der Waals surface area contributed by atoms with Crippen molar-refractivity contribution in [3.8, 4) is 0 Å². The van der Waals surface area contributed by atoms with Crippen molar-refractivity contribution in [3.05, 3.63) is 70.1 Å². The lowest BCUT2D eigenvalue weighted by Crippen LogP contribution is -2.44. The first kappa shape index (κ1) is 25.9. The van der Waals surface area contributed by atoms with Gasteiger partial charge in [-0.05, 0) is 80.0 Å². The minimum atomic E-state index is -0.666. The van der Waals surface area contributed by atoms with Gasteiger partial charge in [0.1, 0.15) is 12.6 Å². The van der Waals surface area contributed by atoms with Crippen LogP contribution in [-0.4, -0.2) is 26.9 Å². The highest BCUT2D eigenvalue weighted by molar-refractivity contribution is 6.00. The van der Waals surface area contributed by atoms with Gasteiger partial charge in [0.05, 0.1) is 11.0 Å². The van der Waals surface area contributed by atoms with E-state index in [1.807, 2.05) is 36.4 Å². The third-order valence-corrected chi connectivity index (χ3v) is 8.19. The lowest BCUT2D eigenvalue weighted by Gasteiger charge is -2.29. The summed E-state index contributed by atoms with van der Waals surface area (Å²) in [5.74, 6) is 0.212. The Bertz CT molecular complexity index is 1380. The quantitative estimate of drug-likeness (QED) is 0.350. The zero-order chi connectivity index (χ0) is 26.6. The van der Waals surface area contributed by atoms with Gasteiger partial charge in [0.25, 0.3) is 0 Å². The van der Waals surface area contributed by atoms with Gasteiger partial charge in [-0.3, -0.25) is 28.8 Å². The smallest absolute Gasteiger partial charge is 0.329 e. The van der Waals surface area contributed by atoms with Crippen LogP contribution in [0.4, 0.5) is 0 Å². The Labute approximate surface area is 222 Å². The van der Waals surface area contributed by atoms with Crippen LogP contribution in [0.1, 0.15) is 80.9 Å². The number of imide groups is 1. The molecule has 1 saturated carbocycles. The van der Waals surface area contributed by atoms with Crippen molar-refractivity contribution in [2.75, 3.05) is 0 Å². The molecule has 8 heteroatoms. The molecule has 200 valence electrons. The number of piperidine rings is 1. The van der Waals surface area contributed by atoms with E-state index in [1.54, 1.807) is 11.6 Å². The zero-order valence-corrected chi connectivity index (χ0v) is 21.9. The molecule has 1 unspecified atom stereocenters. The molecule has 38 heavy (non-hydrogen) atoms. The largest absolute Gasteiger partial charge is 0.461 e. The standard InChI is InChI=1S/C30H35N3O5/c1-32-26-18-23(14-15-24(26)33(30(32)37)25-16-17-27(34)31-29(25)36)22-12-10-20(11-13-22)8-5-9-28(35)38-19-21-6-3-2-4-7-21/h2-4,6-7,14-15,18,20,22,25H,5,8-13,16-17,19H2,1H3,(H,31,34,36)/t20-,22-,25?. The van der Waals surface area contributed by atoms with Crippen molar-refractivity contribution in [3.63, 3.8) is 0 Å². The molecule has 0 radical (unpaired) electrons. The molecule has 0 spiro atoms. The molecule has 8 nitrogen and oxygen atoms in total. The molecule has 2 aliphatic rings. The second kappa shape index (κ2) is 11.4. The van der Waals surface area contributed by atoms with Gasteiger partial charge in [0.15, 0.2) is 0 Å². The Hall–Kier alpha value is -3.68. The SMILES string of the molecule is Cn1c(=O)n(C2CCC(=O)NC2=O)c2ccc([C@H]3CC[C@H](CCCC(=O)OCc4ccccc4)CC3)cc21. The van der Waals surface area contributed by atoms with Gasteiger partial charge in [0, 0.05) is 19.9 Å². The van der Waals surface area contributed by atoms with Gasteiger partial charge in [-0.1, -0.05) is 36.4 Å². The Morgan fingerprint density at radius 3 is 2.47 bits per heavy atom. The number of benzene rings is 2. The highest BCUT2D eigenvalue weighted by Crippen LogP contribution is 2.38. The molecule has 3 aromatic rings. The molecule has 1 saturated heterocycles. The Kier molecular flexibility index (Phi) is 7.77. The van der Waals surface area contributed by atoms with Crippen LogP contribution in [0.5, 0.6) is 0 Å². The maximum atomic E-state index is 13.0. The Balaban J connectivity index is 1.14. The Morgan fingerprint density at radius 2 is 1.74 bits per heavy atom. The molecular formula is C30H35N3O5. The highest BCUT2D eigenvalue weighted by Gasteiger charge is 2.31. The van der Waals surface area contributed by atoms with Gasteiger partial charge < -0.3 is 4.74 Å². The lowest BCUT2D eigenvalue weighted by atomic mass is 9.77. The topological polar surface area (TPSA) is 99.4 Å². The molecule has 2 amide bonds. The van der Waals surface area contributed by atoms with Crippen LogP contribution in [-0.2, 0) is 32.8 Å². The number of carbonyl (C=O) groups is 3. The summed E-state index contributed by atoms with van der Waals surface area (Å²) in [7, 11) is 1.73. The summed E-state index contributed by atoms with van der Waals surface area (Å²) < 4.78 is 8.53. The first-order valence-electron chi connectivity index (χ1n) is 13.6. The van der Waals surface area contributed by atoms with Crippen LogP contribution in [0, 0.1) is 5.92 Å². The number of hydrogen-bond donors (Lipinski definition) is 1. The van der Waals surface area contributed by atoms with Crippen molar-refractivity contribution in [1.82, 2.24) is 14.5 Å². The van der Waals surface area contributed by atoms with E-state index >= 15 is 0 Å². The van der Waals surface area contributed by atoms with E-state index in [9.17, 15) is 19.2 Å². The number of esters is 1. The van der Waals surface area contributed by atoms with Gasteiger partial charge in [-0.15, -0.1) is 0 Å². The number of carbonyl (C=O) groups excluding carboxylic acids is 3. The summed E-state index contributed by atoms with van der Waals surface area (Å²) in [6.45, 7) is 0.331. The molecule has 1 aliphatic heterocycles. The van der Waals surface area contributed by atoms with Crippen molar-refractivity contribution in [2.24, 2.45) is 13.0 Å². The Morgan fingerprint density at radius 1 is 0.974 bits per heavy atom. The number of rotatable bonds is 8. The zero-order valence-electron chi connectivity index (χ0n) is 21.9. The number of imidazole rings is 1. The second-order valence-corrected chi connectivity index (χ2v) is 10.7. The number of amides is 2. The van der Waals surface area contributed by atoms with Crippen LogP contribution >= 0.6 is 0 Å². The first-order chi connectivity index (χ1) is 18.4. The minimum absolute atomic E-state index is 0.134. The monoisotopic (exact) mass is 517 g/mol. The van der Waals surface area contributed by atoms with E-state index in [0.717, 1.165) is 55.1 Å². The van der Waals surface area contributed by atoms with E-state index in [4.69, 9.17) is 4.74 Å². The van der Waals surface area contributed by atoms with Crippen LogP contribution in [0.25, 0.3) is 11.0 Å². The molecule has 1 aromatic heterocycles. The fourth-order valence-electron chi connectivity index (χ4n) is 5.99. The third-order valence-electron chi connectivity index (χ3n) is 8.19. The molecular weight excluding hydrogens is 482 g/mol. The second-order valence-electron chi connectivity index (χ2n) is 10.7. The number of nitrogens with zero attached hydrogens (tertiary/aromatic N) is 2. The number of hydrogen-bond acceptors (Lipinski definition) is 5. The third kappa shape index (κ3) is 5.59. The fraction of sp³-hybridized carbons (Fsp3) is 0.467. The number of ether oxygens (including phenoxy) is 1. The molecule has 1 atom stereocenters. The van der Waals surface area contributed by atoms with Crippen molar-refractivity contribution >= 4 is 28.8 Å². The number of aromatic nitrogens is 2. The van der Waals surface area contributed by atoms with E-state index in [1.165, 1.54) is 10.1 Å². The van der Waals surface area contributed by atoms with E-state index in [0.29, 0.717) is 31.3 Å². The predicted molar refractivity (Wildman–Crippen MR) is 143 cm³/mol. The fourth-order valence-corrected chi connectivity index (χ4v) is 5.99. The normalized spacial score (nSPS) is 21.9. The summed E-state index contributed by atoms with van der Waals surface area (Å²) >= 11 is 0. The van der Waals surface area contributed by atoms with E-state index < -0.39 is 11.9 Å². The lowest BCUT2D eigenvalue weighted by molar-refractivity contribution is -0.145. The minimum Gasteiger partial charge on any atom is -0.461 e. The van der Waals surface area contributed by atoms with Crippen molar-refractivity contribution < 1.29 is 19.1 Å². The number of aryl methyl sites for hydroxylation is 1. The van der Waals surface area contributed by atoms with Crippen LogP contribution in [0.3, 0.4) is 0 Å². The van der Waals surface area contributed by atoms with Crippen molar-refractivity contribution in [1.29, 1.82) is 0 Å². The summed E-state index contributed by atoms with van der Waals surface area (Å²) in [5.41, 5.74) is 3.52. The van der Waals surface area contributed by atoms with Gasteiger partial charge in [0.2, 0.25) is 11.8 Å². The molecule has 1 N–H and O–H groups in total. The molecule has 2 fully saturated rings. The summed E-state index contributed by atoms with van der Waals surface area (Å²) in [5, 5.41) is 2.36. The van der Waals surface area contributed by atoms with Crippen LogP contribution in [0.15, 0.2) is 53.3 Å². The molecule has 1 aliphatic carbocycles. The van der Waals surface area contributed by atoms with Crippen LogP contribution < -0.4 is 11.0 Å². The van der Waals surface area contributed by atoms with E-state index in [-0.39, 0.29) is 24.0 Å². The van der Waals surface area contributed by atoms with Crippen molar-refractivity contribution in [2.45, 2.75) is 76.4 Å². The summed E-state index contributed by atoms with van der Waals surface area (Å²) in [6.07, 6.45) is 7.32. The van der Waals surface area contributed by atoms with Crippen LogP contribution in [0.2, 0.25) is 0 Å². The van der Waals surface area contributed by atoms with E-state index in [2.05, 4.69) is 17.4 Å². The van der Waals surface area contributed by atoms with Gasteiger partial charge in [-0.2, -0.15) is 0 Å². The average Bonchev–Trinajstić information content (AvgIpc) is 3.17. The average molecular weight is 518 g/mol. The maximum absolute atomic E-state index is 13.0. The molecule has 2 heterocycles. The molecule has 0 bridgehead atoms. The summed E-state index contributed by atoms with van der Waals surface area (Å²) in [6, 6.07) is 15.2. The predicted octanol–water partition coefficient (Wildman–Crippen LogP) is 4.51. The summed E-state index contributed by atoms with van der Waals surface area (Å²) in [4.78, 5) is 49.1. The molecule has 5 rings (SSSR count). The van der Waals surface area contributed by atoms with Gasteiger partial charge in [-0.25, -0.2) is 4.79 Å². The maximum Gasteiger partial charge on any atom is 0.329 e. The number of nitrogens with one attached hydrogen (secondary N) is 1. The number of fused-ring (bicyclic) bond motifs is 1. The first-order valence-corrected chi connectivity index (χ1v) is 13.6. The molecule has 2 aromatic carbocycles. The highest BCUT2D eigenvalue weighted by atomic mass is 16.5.